The molecular weight excluding hydrogens is 396 g/mol. The maximum Gasteiger partial charge on any atom is 0.243 e. The Labute approximate surface area is 179 Å². The molecule has 1 aliphatic heterocycles. The zero-order chi connectivity index (χ0) is 21.3. The van der Waals surface area contributed by atoms with Gasteiger partial charge in [0.25, 0.3) is 0 Å². The number of sulfonamides is 1. The third kappa shape index (κ3) is 4.44. The van der Waals surface area contributed by atoms with E-state index in [1.165, 1.54) is 4.31 Å². The zero-order valence-corrected chi connectivity index (χ0v) is 18.5. The monoisotopic (exact) mass is 426 g/mol. The molecule has 1 heterocycles. The van der Waals surface area contributed by atoms with Gasteiger partial charge in [-0.25, -0.2) is 8.42 Å². The Morgan fingerprint density at radius 1 is 0.967 bits per heavy atom. The van der Waals surface area contributed by atoms with Crippen molar-refractivity contribution in [1.29, 1.82) is 0 Å². The van der Waals surface area contributed by atoms with Crippen molar-refractivity contribution in [1.82, 2.24) is 9.62 Å². The van der Waals surface area contributed by atoms with E-state index >= 15 is 0 Å². The van der Waals surface area contributed by atoms with E-state index in [1.807, 2.05) is 38.1 Å². The van der Waals surface area contributed by atoms with Gasteiger partial charge in [0.1, 0.15) is 0 Å². The molecule has 1 atom stereocenters. The summed E-state index contributed by atoms with van der Waals surface area (Å²) in [6.07, 6.45) is 3.41. The molecule has 0 unspecified atom stereocenters. The molecule has 0 aromatic heterocycles. The molecule has 4 rings (SSSR count). The van der Waals surface area contributed by atoms with E-state index in [0.717, 1.165) is 29.5 Å². The van der Waals surface area contributed by atoms with Crippen molar-refractivity contribution in [2.24, 2.45) is 11.8 Å². The highest BCUT2D eigenvalue weighted by Crippen LogP contribution is 2.41. The summed E-state index contributed by atoms with van der Waals surface area (Å²) >= 11 is 0. The van der Waals surface area contributed by atoms with Crippen LogP contribution in [0.3, 0.4) is 0 Å². The van der Waals surface area contributed by atoms with Gasteiger partial charge in [-0.05, 0) is 74.3 Å². The minimum Gasteiger partial charge on any atom is -0.349 e. The summed E-state index contributed by atoms with van der Waals surface area (Å²) in [7, 11) is -3.52. The fraction of sp³-hybridized carbons (Fsp3) is 0.458. The predicted octanol–water partition coefficient (Wildman–Crippen LogP) is 3.97. The average molecular weight is 427 g/mol. The number of hydrogen-bond donors (Lipinski definition) is 1. The molecule has 1 N–H and O–H groups in total. The third-order valence-electron chi connectivity index (χ3n) is 6.49. The van der Waals surface area contributed by atoms with E-state index in [2.05, 4.69) is 17.4 Å². The molecule has 160 valence electrons. The first-order valence-electron chi connectivity index (χ1n) is 10.8. The molecule has 1 saturated heterocycles. The number of nitrogens with one attached hydrogen (secondary N) is 1. The van der Waals surface area contributed by atoms with Crippen LogP contribution in [0, 0.1) is 25.7 Å². The molecule has 2 fully saturated rings. The number of piperidine rings is 1. The van der Waals surface area contributed by atoms with Crippen molar-refractivity contribution >= 4 is 15.9 Å². The quantitative estimate of drug-likeness (QED) is 0.760. The molecule has 2 aliphatic rings. The van der Waals surface area contributed by atoms with Crippen LogP contribution in [0.2, 0.25) is 0 Å². The number of carbonyl (C=O) groups excluding carboxylic acids is 1. The van der Waals surface area contributed by atoms with Crippen LogP contribution in [0.25, 0.3) is 0 Å². The number of aryl methyl sites for hydroxylation is 2. The van der Waals surface area contributed by atoms with Gasteiger partial charge in [-0.15, -0.1) is 0 Å². The molecule has 30 heavy (non-hydrogen) atoms. The second kappa shape index (κ2) is 8.52. The van der Waals surface area contributed by atoms with Crippen LogP contribution in [0.5, 0.6) is 0 Å². The van der Waals surface area contributed by atoms with Gasteiger partial charge >= 0.3 is 0 Å². The van der Waals surface area contributed by atoms with Crippen LogP contribution in [0.1, 0.15) is 48.4 Å². The Bertz CT molecular complexity index is 1010. The third-order valence-corrected chi connectivity index (χ3v) is 8.39. The molecule has 2 aromatic rings. The lowest BCUT2D eigenvalue weighted by Gasteiger charge is -2.31. The highest BCUT2D eigenvalue weighted by Gasteiger charge is 2.36. The number of benzene rings is 2. The second-order valence-electron chi connectivity index (χ2n) is 8.66. The van der Waals surface area contributed by atoms with Crippen molar-refractivity contribution in [3.8, 4) is 0 Å². The molecule has 0 spiro atoms. The second-order valence-corrected chi connectivity index (χ2v) is 10.6. The van der Waals surface area contributed by atoms with Gasteiger partial charge in [0.2, 0.25) is 15.9 Å². The topological polar surface area (TPSA) is 66.5 Å². The predicted molar refractivity (Wildman–Crippen MR) is 117 cm³/mol. The summed E-state index contributed by atoms with van der Waals surface area (Å²) in [5, 5.41) is 3.26. The van der Waals surface area contributed by atoms with Crippen LogP contribution in [0.4, 0.5) is 0 Å². The van der Waals surface area contributed by atoms with Gasteiger partial charge in [-0.3, -0.25) is 4.79 Å². The van der Waals surface area contributed by atoms with Crippen LogP contribution < -0.4 is 5.32 Å². The standard InChI is InChI=1S/C24H30N2O3S/c1-17-8-11-22(16-18(17)2)30(28,29)26-14-12-21(13-15-26)24(27)25-23(20-9-10-20)19-6-4-3-5-7-19/h3-8,11,16,20-21,23H,9-10,12-15H2,1-2H3,(H,25,27)/t23-/m0/s1. The highest BCUT2D eigenvalue weighted by molar-refractivity contribution is 7.89. The van der Waals surface area contributed by atoms with E-state index in [4.69, 9.17) is 0 Å². The van der Waals surface area contributed by atoms with E-state index < -0.39 is 10.0 Å². The van der Waals surface area contributed by atoms with Crippen molar-refractivity contribution < 1.29 is 13.2 Å². The van der Waals surface area contributed by atoms with Crippen molar-refractivity contribution in [3.63, 3.8) is 0 Å². The SMILES string of the molecule is Cc1ccc(S(=O)(=O)N2CCC(C(=O)N[C@@H](c3ccccc3)C3CC3)CC2)cc1C. The van der Waals surface area contributed by atoms with Crippen molar-refractivity contribution in [2.75, 3.05) is 13.1 Å². The molecule has 2 aromatic carbocycles. The summed E-state index contributed by atoms with van der Waals surface area (Å²) in [6, 6.07) is 15.5. The van der Waals surface area contributed by atoms with E-state index in [9.17, 15) is 13.2 Å². The Hall–Kier alpha value is -2.18. The summed E-state index contributed by atoms with van der Waals surface area (Å²) in [5.74, 6) is 0.432. The zero-order valence-electron chi connectivity index (χ0n) is 17.7. The summed E-state index contributed by atoms with van der Waals surface area (Å²) in [6.45, 7) is 4.66. The highest BCUT2D eigenvalue weighted by atomic mass is 32.2. The van der Waals surface area contributed by atoms with Gasteiger partial charge in [0.05, 0.1) is 10.9 Å². The summed E-state index contributed by atoms with van der Waals surface area (Å²) in [5.41, 5.74) is 3.20. The maximum absolute atomic E-state index is 13.0. The number of rotatable bonds is 6. The molecule has 1 amide bonds. The summed E-state index contributed by atoms with van der Waals surface area (Å²) < 4.78 is 27.6. The molecule has 1 aliphatic carbocycles. The van der Waals surface area contributed by atoms with Gasteiger partial charge in [-0.1, -0.05) is 36.4 Å². The normalized spacial score (nSPS) is 19.4. The number of carbonyl (C=O) groups is 1. The molecule has 1 saturated carbocycles. The largest absolute Gasteiger partial charge is 0.349 e. The number of nitrogens with zero attached hydrogens (tertiary/aromatic N) is 1. The first kappa shape index (κ1) is 21.1. The van der Waals surface area contributed by atoms with Crippen LogP contribution in [-0.2, 0) is 14.8 Å². The van der Waals surface area contributed by atoms with Crippen LogP contribution in [-0.4, -0.2) is 31.7 Å². The minimum atomic E-state index is -3.52. The van der Waals surface area contributed by atoms with E-state index in [-0.39, 0.29) is 17.9 Å². The summed E-state index contributed by atoms with van der Waals surface area (Å²) in [4.78, 5) is 13.3. The molecule has 0 radical (unpaired) electrons. The van der Waals surface area contributed by atoms with Gasteiger partial charge < -0.3 is 5.32 Å². The fourth-order valence-corrected chi connectivity index (χ4v) is 5.77. The van der Waals surface area contributed by atoms with E-state index in [0.29, 0.717) is 36.7 Å². The number of hydrogen-bond acceptors (Lipinski definition) is 3. The first-order chi connectivity index (χ1) is 14.4. The van der Waals surface area contributed by atoms with Gasteiger partial charge in [-0.2, -0.15) is 4.31 Å². The van der Waals surface area contributed by atoms with Crippen LogP contribution >= 0.6 is 0 Å². The Morgan fingerprint density at radius 2 is 1.63 bits per heavy atom. The average Bonchev–Trinajstić information content (AvgIpc) is 3.59. The lowest BCUT2D eigenvalue weighted by Crippen LogP contribution is -2.44. The maximum atomic E-state index is 13.0. The number of amides is 1. The van der Waals surface area contributed by atoms with Gasteiger partial charge in [0.15, 0.2) is 0 Å². The Morgan fingerprint density at radius 3 is 2.23 bits per heavy atom. The lowest BCUT2D eigenvalue weighted by atomic mass is 9.95. The smallest absolute Gasteiger partial charge is 0.243 e. The minimum absolute atomic E-state index is 0.0546. The molecular formula is C24H30N2O3S. The molecule has 0 bridgehead atoms. The van der Waals surface area contributed by atoms with Crippen LogP contribution in [0.15, 0.2) is 53.4 Å². The fourth-order valence-electron chi connectivity index (χ4n) is 4.22. The first-order valence-corrected chi connectivity index (χ1v) is 12.2. The van der Waals surface area contributed by atoms with Gasteiger partial charge in [0, 0.05) is 19.0 Å². The molecule has 6 heteroatoms. The molecule has 5 nitrogen and oxygen atoms in total. The Kier molecular flexibility index (Phi) is 5.98. The Balaban J connectivity index is 1.39. The lowest BCUT2D eigenvalue weighted by molar-refractivity contribution is -0.127. The van der Waals surface area contributed by atoms with Crippen molar-refractivity contribution in [2.45, 2.75) is 50.5 Å². The van der Waals surface area contributed by atoms with E-state index in [1.54, 1.807) is 12.1 Å². The van der Waals surface area contributed by atoms with Crippen molar-refractivity contribution in [3.05, 3.63) is 65.2 Å².